The average Bonchev–Trinajstić information content (AvgIpc) is 2.15. The zero-order chi connectivity index (χ0) is 5.40. The molecule has 0 fully saturated rings. The van der Waals surface area contributed by atoms with Gasteiger partial charge in [0.05, 0.1) is 0 Å². The molecule has 2 rings (SSSR count). The van der Waals surface area contributed by atoms with Gasteiger partial charge in [0.25, 0.3) is 0 Å². The highest BCUT2D eigenvalue weighted by Gasteiger charge is 2.17. The molecule has 0 saturated heterocycles. The van der Waals surface area contributed by atoms with Crippen LogP contribution in [0.25, 0.3) is 0 Å². The van der Waals surface area contributed by atoms with E-state index in [4.69, 9.17) is 0 Å². The molecule has 0 aromatic heterocycles. The van der Waals surface area contributed by atoms with Crippen molar-refractivity contribution in [3.63, 3.8) is 0 Å². The van der Waals surface area contributed by atoms with Crippen molar-refractivity contribution < 1.29 is 0 Å². The molecule has 0 aromatic rings. The lowest BCUT2D eigenvalue weighted by atomic mass is 10.2. The highest BCUT2D eigenvalue weighted by Crippen LogP contribution is 2.11. The van der Waals surface area contributed by atoms with Crippen LogP contribution < -0.4 is 10.6 Å². The molecule has 9 heavy (non-hydrogen) atoms. The summed E-state index contributed by atoms with van der Waals surface area (Å²) in [5, 5.41) is 6.62. The van der Waals surface area contributed by atoms with Gasteiger partial charge >= 0.3 is 0 Å². The monoisotopic (exact) mass is 146 g/mol. The van der Waals surface area contributed by atoms with E-state index in [2.05, 4.69) is 10.6 Å². The summed E-state index contributed by atoms with van der Waals surface area (Å²) in [6.07, 6.45) is 0. The minimum Gasteiger partial charge on any atom is -0.309 e. The van der Waals surface area contributed by atoms with Crippen molar-refractivity contribution in [3.8, 4) is 0 Å². The molecule has 0 spiro atoms. The maximum atomic E-state index is 3.31. The van der Waals surface area contributed by atoms with Gasteiger partial charge in [-0.1, -0.05) is 0 Å². The molecule has 0 atom stereocenters. The van der Waals surface area contributed by atoms with Gasteiger partial charge in [0.1, 0.15) is 0 Å². The van der Waals surface area contributed by atoms with Crippen molar-refractivity contribution in [1.29, 1.82) is 0 Å². The van der Waals surface area contributed by atoms with Gasteiger partial charge < -0.3 is 10.6 Å². The van der Waals surface area contributed by atoms with Crippen molar-refractivity contribution >= 4 is 12.4 Å². The van der Waals surface area contributed by atoms with Crippen LogP contribution in [0.1, 0.15) is 0 Å². The summed E-state index contributed by atoms with van der Waals surface area (Å²) in [4.78, 5) is 0. The molecule has 0 aliphatic carbocycles. The summed E-state index contributed by atoms with van der Waals surface area (Å²) in [6, 6.07) is 0. The fourth-order valence-electron chi connectivity index (χ4n) is 1.35. The maximum Gasteiger partial charge on any atom is 0.0184 e. The third-order valence-electron chi connectivity index (χ3n) is 1.85. The van der Waals surface area contributed by atoms with Gasteiger partial charge in [0.15, 0.2) is 0 Å². The Hall–Kier alpha value is -0.0500. The van der Waals surface area contributed by atoms with Crippen molar-refractivity contribution in [3.05, 3.63) is 11.1 Å². The second-order valence-electron chi connectivity index (χ2n) is 2.41. The third-order valence-corrected chi connectivity index (χ3v) is 1.85. The molecule has 2 heterocycles. The molecule has 0 radical (unpaired) electrons. The van der Waals surface area contributed by atoms with Crippen molar-refractivity contribution in [2.75, 3.05) is 26.2 Å². The Morgan fingerprint density at radius 2 is 1.11 bits per heavy atom. The molecule has 2 aliphatic heterocycles. The molecule has 2 nitrogen and oxygen atoms in total. The van der Waals surface area contributed by atoms with E-state index in [-0.39, 0.29) is 12.4 Å². The Labute approximate surface area is 61.1 Å². The number of halogens is 1. The normalized spacial score (nSPS) is 24.0. The highest BCUT2D eigenvalue weighted by atomic mass is 35.5. The van der Waals surface area contributed by atoms with Crippen LogP contribution >= 0.6 is 12.4 Å². The number of hydrogen-bond acceptors (Lipinski definition) is 2. The second-order valence-corrected chi connectivity index (χ2v) is 2.41. The number of rotatable bonds is 0. The lowest BCUT2D eigenvalue weighted by Gasteiger charge is -1.96. The largest absolute Gasteiger partial charge is 0.309 e. The fourth-order valence-corrected chi connectivity index (χ4v) is 1.35. The first-order valence-corrected chi connectivity index (χ1v) is 3.08. The van der Waals surface area contributed by atoms with Crippen LogP contribution in [0.2, 0.25) is 0 Å². The van der Waals surface area contributed by atoms with Crippen molar-refractivity contribution in [1.82, 2.24) is 10.6 Å². The van der Waals surface area contributed by atoms with Crippen LogP contribution in [-0.4, -0.2) is 26.2 Å². The highest BCUT2D eigenvalue weighted by molar-refractivity contribution is 5.85. The first kappa shape index (κ1) is 7.06. The lowest BCUT2D eigenvalue weighted by molar-refractivity contribution is 0.761. The van der Waals surface area contributed by atoms with E-state index in [1.165, 1.54) is 0 Å². The number of hydrogen-bond donors (Lipinski definition) is 2. The lowest BCUT2D eigenvalue weighted by Crippen LogP contribution is -2.20. The minimum absolute atomic E-state index is 0. The van der Waals surface area contributed by atoms with Gasteiger partial charge in [-0.05, 0) is 11.1 Å². The topological polar surface area (TPSA) is 24.1 Å². The zero-order valence-electron chi connectivity index (χ0n) is 5.24. The van der Waals surface area contributed by atoms with E-state index in [9.17, 15) is 0 Å². The van der Waals surface area contributed by atoms with E-state index in [0.29, 0.717) is 0 Å². The molecule has 0 bridgehead atoms. The van der Waals surface area contributed by atoms with Crippen LogP contribution in [0.5, 0.6) is 0 Å². The summed E-state index contributed by atoms with van der Waals surface area (Å²) < 4.78 is 0. The van der Waals surface area contributed by atoms with Gasteiger partial charge in [-0.25, -0.2) is 0 Å². The molecule has 0 amide bonds. The molecule has 0 saturated carbocycles. The predicted molar refractivity (Wildman–Crippen MR) is 40.0 cm³/mol. The predicted octanol–water partition coefficient (Wildman–Crippen LogP) is -0.0888. The van der Waals surface area contributed by atoms with Crippen LogP contribution in [-0.2, 0) is 0 Å². The van der Waals surface area contributed by atoms with Crippen molar-refractivity contribution in [2.24, 2.45) is 0 Å². The van der Waals surface area contributed by atoms with Crippen molar-refractivity contribution in [2.45, 2.75) is 0 Å². The summed E-state index contributed by atoms with van der Waals surface area (Å²) >= 11 is 0. The smallest absolute Gasteiger partial charge is 0.0184 e. The molecular formula is C6H11ClN2. The maximum absolute atomic E-state index is 3.31. The van der Waals surface area contributed by atoms with E-state index >= 15 is 0 Å². The fraction of sp³-hybridized carbons (Fsp3) is 0.667. The van der Waals surface area contributed by atoms with Gasteiger partial charge in [-0.2, -0.15) is 0 Å². The third kappa shape index (κ3) is 1.11. The van der Waals surface area contributed by atoms with Gasteiger partial charge in [0.2, 0.25) is 0 Å². The second kappa shape index (κ2) is 2.69. The van der Waals surface area contributed by atoms with Crippen LogP contribution in [0, 0.1) is 0 Å². The van der Waals surface area contributed by atoms with E-state index < -0.39 is 0 Å². The standard InChI is InChI=1S/C6H10N2.ClH/c1-5-2-8-4-6(5)3-7-1;/h7-8H,1-4H2;1H. The molecule has 2 aliphatic rings. The Kier molecular flexibility index (Phi) is 2.11. The molecule has 52 valence electrons. The van der Waals surface area contributed by atoms with Crippen LogP contribution in [0.4, 0.5) is 0 Å². The Balaban J connectivity index is 0.000000405. The minimum atomic E-state index is 0. The molecular weight excluding hydrogens is 136 g/mol. The van der Waals surface area contributed by atoms with Crippen LogP contribution in [0.15, 0.2) is 11.1 Å². The quantitative estimate of drug-likeness (QED) is 0.467. The first-order valence-electron chi connectivity index (χ1n) is 3.08. The average molecular weight is 147 g/mol. The molecule has 3 heteroatoms. The van der Waals surface area contributed by atoms with E-state index in [1.807, 2.05) is 0 Å². The van der Waals surface area contributed by atoms with E-state index in [1.54, 1.807) is 11.1 Å². The Morgan fingerprint density at radius 3 is 1.44 bits per heavy atom. The van der Waals surface area contributed by atoms with Gasteiger partial charge in [-0.3, -0.25) is 0 Å². The van der Waals surface area contributed by atoms with Crippen LogP contribution in [0.3, 0.4) is 0 Å². The summed E-state index contributed by atoms with van der Waals surface area (Å²) in [7, 11) is 0. The zero-order valence-corrected chi connectivity index (χ0v) is 6.05. The molecule has 0 unspecified atom stereocenters. The summed E-state index contributed by atoms with van der Waals surface area (Å²) in [5.74, 6) is 0. The SMILES string of the molecule is C1NCC2=C1CNC2.Cl. The Morgan fingerprint density at radius 1 is 0.778 bits per heavy atom. The first-order chi connectivity index (χ1) is 3.97. The Bertz CT molecular complexity index is 114. The number of nitrogens with one attached hydrogen (secondary N) is 2. The molecule has 2 N–H and O–H groups in total. The summed E-state index contributed by atoms with van der Waals surface area (Å²) in [5.41, 5.74) is 3.20. The summed E-state index contributed by atoms with van der Waals surface area (Å²) in [6.45, 7) is 4.51. The van der Waals surface area contributed by atoms with E-state index in [0.717, 1.165) is 26.2 Å². The van der Waals surface area contributed by atoms with Gasteiger partial charge in [0, 0.05) is 26.2 Å². The van der Waals surface area contributed by atoms with Gasteiger partial charge in [-0.15, -0.1) is 12.4 Å². The molecule has 0 aromatic carbocycles.